The minimum absolute atomic E-state index is 0.0648. The molecule has 0 spiro atoms. The summed E-state index contributed by atoms with van der Waals surface area (Å²) in [6.07, 6.45) is 2.24. The van der Waals surface area contributed by atoms with E-state index in [1.807, 2.05) is 0 Å². The van der Waals surface area contributed by atoms with E-state index in [9.17, 15) is 9.59 Å². The second-order valence-corrected chi connectivity index (χ2v) is 1.62. The Morgan fingerprint density at radius 3 is 1.89 bits per heavy atom. The van der Waals surface area contributed by atoms with Gasteiger partial charge in [0.15, 0.2) is 12.6 Å². The van der Waals surface area contributed by atoms with Crippen molar-refractivity contribution in [3.8, 4) is 0 Å². The number of aldehydes is 2. The SMILES string of the molecule is [CH]=C(C)C=C(C=O)C=O. The summed E-state index contributed by atoms with van der Waals surface area (Å²) in [6.45, 7) is 6.77. The predicted molar refractivity (Wildman–Crippen MR) is 33.7 cm³/mol. The molecule has 0 aliphatic carbocycles. The first-order chi connectivity index (χ1) is 4.20. The van der Waals surface area contributed by atoms with Crippen LogP contribution in [-0.4, -0.2) is 12.6 Å². The minimum Gasteiger partial charge on any atom is -0.298 e. The van der Waals surface area contributed by atoms with E-state index in [1.54, 1.807) is 6.92 Å². The Labute approximate surface area is 53.9 Å². The average molecular weight is 123 g/mol. The van der Waals surface area contributed by atoms with Crippen molar-refractivity contribution in [3.05, 3.63) is 23.8 Å². The summed E-state index contributed by atoms with van der Waals surface area (Å²) in [5.74, 6) is 0. The monoisotopic (exact) mass is 123 g/mol. The maximum Gasteiger partial charge on any atom is 0.153 e. The average Bonchev–Trinajstić information content (AvgIpc) is 1.82. The molecule has 0 amide bonds. The lowest BCUT2D eigenvalue weighted by molar-refractivity contribution is -0.109. The van der Waals surface area contributed by atoms with Gasteiger partial charge in [-0.3, -0.25) is 9.59 Å². The first-order valence-electron chi connectivity index (χ1n) is 2.41. The van der Waals surface area contributed by atoms with Gasteiger partial charge in [0, 0.05) is 0 Å². The van der Waals surface area contributed by atoms with Crippen molar-refractivity contribution < 1.29 is 9.59 Å². The zero-order chi connectivity index (χ0) is 7.28. The van der Waals surface area contributed by atoms with Gasteiger partial charge in [0.1, 0.15) is 0 Å². The molecule has 47 valence electrons. The third kappa shape index (κ3) is 3.41. The molecule has 0 aromatic heterocycles. The molecule has 0 fully saturated rings. The molecule has 2 heteroatoms. The number of allylic oxidation sites excluding steroid dienone is 3. The van der Waals surface area contributed by atoms with Crippen LogP contribution in [0, 0.1) is 6.58 Å². The summed E-state index contributed by atoms with van der Waals surface area (Å²) in [6, 6.07) is 0. The highest BCUT2D eigenvalue weighted by Gasteiger charge is 1.88. The summed E-state index contributed by atoms with van der Waals surface area (Å²) in [5, 5.41) is 0. The highest BCUT2D eigenvalue weighted by Crippen LogP contribution is 1.92. The van der Waals surface area contributed by atoms with Gasteiger partial charge in [0.2, 0.25) is 0 Å². The van der Waals surface area contributed by atoms with E-state index in [2.05, 4.69) is 0 Å². The Bertz CT molecular complexity index is 156. The second kappa shape index (κ2) is 3.78. The highest BCUT2D eigenvalue weighted by atomic mass is 16.1. The van der Waals surface area contributed by atoms with Crippen LogP contribution in [0.1, 0.15) is 6.92 Å². The molecule has 0 aliphatic heterocycles. The Morgan fingerprint density at radius 1 is 1.33 bits per heavy atom. The molecule has 0 unspecified atom stereocenters. The van der Waals surface area contributed by atoms with Crippen molar-refractivity contribution in [3.63, 3.8) is 0 Å². The van der Waals surface area contributed by atoms with Gasteiger partial charge in [-0.2, -0.15) is 0 Å². The Morgan fingerprint density at radius 2 is 1.78 bits per heavy atom. The first-order valence-corrected chi connectivity index (χ1v) is 2.41. The van der Waals surface area contributed by atoms with Gasteiger partial charge in [-0.15, -0.1) is 0 Å². The molecular formula is C7H7O2. The molecule has 0 aliphatic rings. The van der Waals surface area contributed by atoms with Crippen molar-refractivity contribution in [1.82, 2.24) is 0 Å². The quantitative estimate of drug-likeness (QED) is 0.182. The smallest absolute Gasteiger partial charge is 0.153 e. The van der Waals surface area contributed by atoms with Gasteiger partial charge in [-0.1, -0.05) is 12.2 Å². The predicted octanol–water partition coefficient (Wildman–Crippen LogP) is 0.690. The van der Waals surface area contributed by atoms with Gasteiger partial charge in [-0.05, 0) is 13.0 Å². The second-order valence-electron chi connectivity index (χ2n) is 1.62. The molecule has 0 atom stereocenters. The Hall–Kier alpha value is -1.18. The highest BCUT2D eigenvalue weighted by molar-refractivity contribution is 5.99. The fourth-order valence-corrected chi connectivity index (χ4v) is 0.359. The Balaban J connectivity index is 4.24. The molecule has 1 radical (unpaired) electrons. The first kappa shape index (κ1) is 7.82. The summed E-state index contributed by atoms with van der Waals surface area (Å²) >= 11 is 0. The Kier molecular flexibility index (Phi) is 3.28. The zero-order valence-electron chi connectivity index (χ0n) is 5.13. The van der Waals surface area contributed by atoms with Crippen LogP contribution >= 0.6 is 0 Å². The molecule has 0 saturated heterocycles. The minimum atomic E-state index is 0.0648. The van der Waals surface area contributed by atoms with Gasteiger partial charge in [-0.25, -0.2) is 0 Å². The standard InChI is InChI=1S/C7H7O2/c1-6(2)3-7(4-8)5-9/h1,3-5H,2H3. The molecule has 0 aromatic rings. The van der Waals surface area contributed by atoms with Crippen LogP contribution in [0.2, 0.25) is 0 Å². The third-order valence-corrected chi connectivity index (χ3v) is 0.667. The number of hydrogen-bond donors (Lipinski definition) is 0. The summed E-state index contributed by atoms with van der Waals surface area (Å²) in [7, 11) is 0. The lowest BCUT2D eigenvalue weighted by atomic mass is 10.2. The number of carbonyl (C=O) groups is 2. The molecule has 0 N–H and O–H groups in total. The van der Waals surface area contributed by atoms with Crippen LogP contribution in [0.3, 0.4) is 0 Å². The van der Waals surface area contributed by atoms with Crippen LogP contribution in [0.4, 0.5) is 0 Å². The molecule has 9 heavy (non-hydrogen) atoms. The van der Waals surface area contributed by atoms with Crippen LogP contribution < -0.4 is 0 Å². The molecular weight excluding hydrogens is 116 g/mol. The summed E-state index contributed by atoms with van der Waals surface area (Å²) in [4.78, 5) is 19.8. The zero-order valence-corrected chi connectivity index (χ0v) is 5.13. The van der Waals surface area contributed by atoms with Gasteiger partial charge >= 0.3 is 0 Å². The largest absolute Gasteiger partial charge is 0.298 e. The lowest BCUT2D eigenvalue weighted by Crippen LogP contribution is -1.84. The molecule has 0 bridgehead atoms. The van der Waals surface area contributed by atoms with E-state index >= 15 is 0 Å². The van der Waals surface area contributed by atoms with E-state index in [0.29, 0.717) is 18.1 Å². The van der Waals surface area contributed by atoms with Crippen molar-refractivity contribution in [2.24, 2.45) is 0 Å². The third-order valence-electron chi connectivity index (χ3n) is 0.667. The summed E-state index contributed by atoms with van der Waals surface area (Å²) in [5.41, 5.74) is 0.513. The van der Waals surface area contributed by atoms with Gasteiger partial charge < -0.3 is 0 Å². The number of rotatable bonds is 3. The van der Waals surface area contributed by atoms with Gasteiger partial charge in [0.05, 0.1) is 5.57 Å². The summed E-state index contributed by atoms with van der Waals surface area (Å²) < 4.78 is 0. The maximum atomic E-state index is 9.90. The van der Waals surface area contributed by atoms with Crippen LogP contribution in [0.25, 0.3) is 0 Å². The molecule has 2 nitrogen and oxygen atoms in total. The number of carbonyl (C=O) groups excluding carboxylic acids is 2. The molecule has 0 saturated carbocycles. The van der Waals surface area contributed by atoms with E-state index in [1.165, 1.54) is 6.08 Å². The van der Waals surface area contributed by atoms with Crippen LogP contribution in [0.15, 0.2) is 17.2 Å². The van der Waals surface area contributed by atoms with Crippen LogP contribution in [-0.2, 0) is 9.59 Å². The van der Waals surface area contributed by atoms with Crippen LogP contribution in [0.5, 0.6) is 0 Å². The molecule has 0 aromatic carbocycles. The molecule has 0 heterocycles. The van der Waals surface area contributed by atoms with Gasteiger partial charge in [0.25, 0.3) is 0 Å². The fourth-order valence-electron chi connectivity index (χ4n) is 0.359. The lowest BCUT2D eigenvalue weighted by Gasteiger charge is -1.83. The number of hydrogen-bond acceptors (Lipinski definition) is 2. The fraction of sp³-hybridized carbons (Fsp3) is 0.143. The van der Waals surface area contributed by atoms with Crippen molar-refractivity contribution in [2.45, 2.75) is 6.92 Å². The maximum absolute atomic E-state index is 9.90. The van der Waals surface area contributed by atoms with Crippen molar-refractivity contribution >= 4 is 12.6 Å². The molecule has 0 rings (SSSR count). The van der Waals surface area contributed by atoms with E-state index in [4.69, 9.17) is 6.58 Å². The van der Waals surface area contributed by atoms with E-state index < -0.39 is 0 Å². The van der Waals surface area contributed by atoms with E-state index in [0.717, 1.165) is 0 Å². The van der Waals surface area contributed by atoms with Crippen molar-refractivity contribution in [2.75, 3.05) is 0 Å². The van der Waals surface area contributed by atoms with E-state index in [-0.39, 0.29) is 5.57 Å². The normalized spacial score (nSPS) is 7.67. The topological polar surface area (TPSA) is 34.1 Å². The van der Waals surface area contributed by atoms with Crippen molar-refractivity contribution in [1.29, 1.82) is 0 Å².